The third-order valence-electron chi connectivity index (χ3n) is 3.15. The fourth-order valence-electron chi connectivity index (χ4n) is 2.10. The van der Waals surface area contributed by atoms with Crippen LogP contribution < -0.4 is 5.32 Å². The van der Waals surface area contributed by atoms with Gasteiger partial charge in [-0.25, -0.2) is 0 Å². The summed E-state index contributed by atoms with van der Waals surface area (Å²) in [4.78, 5) is 14.3. The van der Waals surface area contributed by atoms with Gasteiger partial charge in [0.05, 0.1) is 0 Å². The van der Waals surface area contributed by atoms with Crippen LogP contribution in [-0.2, 0) is 13.1 Å². The summed E-state index contributed by atoms with van der Waals surface area (Å²) < 4.78 is 1.13. The molecule has 4 heteroatoms. The second kappa shape index (κ2) is 7.56. The molecule has 1 N–H and O–H groups in total. The largest absolute Gasteiger partial charge is 0.348 e. The lowest BCUT2D eigenvalue weighted by atomic mass is 10.1. The molecule has 0 unspecified atom stereocenters. The Hall–Kier alpha value is -1.40. The van der Waals surface area contributed by atoms with Crippen molar-refractivity contribution in [3.63, 3.8) is 0 Å². The molecule has 0 fully saturated rings. The molecule has 0 bridgehead atoms. The van der Waals surface area contributed by atoms with Crippen LogP contribution in [0.25, 0.3) is 0 Å². The zero-order valence-corrected chi connectivity index (χ0v) is 14.4. The molecule has 0 saturated heterocycles. The molecule has 0 aromatic heterocycles. The van der Waals surface area contributed by atoms with E-state index in [1.54, 1.807) is 0 Å². The maximum Gasteiger partial charge on any atom is 0.251 e. The van der Waals surface area contributed by atoms with E-state index in [1.165, 1.54) is 5.56 Å². The average Bonchev–Trinajstić information content (AvgIpc) is 2.46. The summed E-state index contributed by atoms with van der Waals surface area (Å²) >= 11 is 2.23. The van der Waals surface area contributed by atoms with E-state index in [-0.39, 0.29) is 5.91 Å². The topological polar surface area (TPSA) is 32.3 Å². The minimum absolute atomic E-state index is 0.0361. The Morgan fingerprint density at radius 2 is 1.67 bits per heavy atom. The Kier molecular flexibility index (Phi) is 5.76. The second-order valence-electron chi connectivity index (χ2n) is 5.20. The van der Waals surface area contributed by atoms with Crippen LogP contribution in [-0.4, -0.2) is 24.9 Å². The van der Waals surface area contributed by atoms with Gasteiger partial charge in [-0.1, -0.05) is 24.3 Å². The first-order chi connectivity index (χ1) is 10.1. The average molecular weight is 394 g/mol. The fraction of sp³-hybridized carbons (Fsp3) is 0.235. The Morgan fingerprint density at radius 1 is 1.05 bits per heavy atom. The minimum Gasteiger partial charge on any atom is -0.348 e. The molecule has 0 aliphatic rings. The first kappa shape index (κ1) is 16.0. The molecule has 0 aliphatic heterocycles. The van der Waals surface area contributed by atoms with Crippen molar-refractivity contribution < 1.29 is 4.79 Å². The molecule has 0 heterocycles. The number of rotatable bonds is 5. The van der Waals surface area contributed by atoms with E-state index in [4.69, 9.17) is 0 Å². The summed E-state index contributed by atoms with van der Waals surface area (Å²) in [7, 11) is 4.09. The minimum atomic E-state index is -0.0361. The van der Waals surface area contributed by atoms with E-state index in [9.17, 15) is 4.79 Å². The summed E-state index contributed by atoms with van der Waals surface area (Å²) in [5.74, 6) is -0.0361. The normalized spacial score (nSPS) is 10.7. The van der Waals surface area contributed by atoms with Gasteiger partial charge in [-0.3, -0.25) is 4.79 Å². The number of halogens is 1. The van der Waals surface area contributed by atoms with E-state index in [0.29, 0.717) is 12.1 Å². The number of hydrogen-bond donors (Lipinski definition) is 1. The zero-order valence-electron chi connectivity index (χ0n) is 12.3. The highest BCUT2D eigenvalue weighted by molar-refractivity contribution is 14.1. The van der Waals surface area contributed by atoms with E-state index < -0.39 is 0 Å². The molecule has 3 nitrogen and oxygen atoms in total. The zero-order chi connectivity index (χ0) is 15.2. The lowest BCUT2D eigenvalue weighted by Gasteiger charge is -2.14. The Morgan fingerprint density at radius 3 is 2.29 bits per heavy atom. The van der Waals surface area contributed by atoms with Crippen LogP contribution in [0, 0.1) is 3.57 Å². The second-order valence-corrected chi connectivity index (χ2v) is 6.44. The van der Waals surface area contributed by atoms with Crippen molar-refractivity contribution in [2.45, 2.75) is 13.1 Å². The summed E-state index contributed by atoms with van der Waals surface area (Å²) in [6.07, 6.45) is 0. The molecule has 2 rings (SSSR count). The summed E-state index contributed by atoms with van der Waals surface area (Å²) in [6, 6.07) is 15.8. The molecule has 0 saturated carbocycles. The molecule has 2 aromatic carbocycles. The molecule has 1 amide bonds. The highest BCUT2D eigenvalue weighted by Crippen LogP contribution is 2.11. The Balaban J connectivity index is 2.02. The van der Waals surface area contributed by atoms with Crippen molar-refractivity contribution in [3.8, 4) is 0 Å². The van der Waals surface area contributed by atoms with Crippen LogP contribution in [0.2, 0.25) is 0 Å². The number of benzene rings is 2. The molecule has 21 heavy (non-hydrogen) atoms. The number of nitrogens with zero attached hydrogens (tertiary/aromatic N) is 1. The number of carbonyl (C=O) groups excluding carboxylic acids is 1. The number of carbonyl (C=O) groups is 1. The van der Waals surface area contributed by atoms with Crippen molar-refractivity contribution >= 4 is 28.5 Å². The summed E-state index contributed by atoms with van der Waals surface area (Å²) in [5.41, 5.74) is 3.09. The van der Waals surface area contributed by atoms with Gasteiger partial charge in [0.25, 0.3) is 5.91 Å². The van der Waals surface area contributed by atoms with Crippen molar-refractivity contribution in [1.29, 1.82) is 0 Å². The predicted molar refractivity (Wildman–Crippen MR) is 94.2 cm³/mol. The van der Waals surface area contributed by atoms with E-state index in [2.05, 4.69) is 44.9 Å². The van der Waals surface area contributed by atoms with Gasteiger partial charge in [-0.15, -0.1) is 0 Å². The van der Waals surface area contributed by atoms with Gasteiger partial charge in [0, 0.05) is 22.2 Å². The number of nitrogens with one attached hydrogen (secondary N) is 1. The first-order valence-electron chi connectivity index (χ1n) is 6.81. The number of hydrogen-bond acceptors (Lipinski definition) is 2. The van der Waals surface area contributed by atoms with Crippen molar-refractivity contribution in [3.05, 3.63) is 68.8 Å². The maximum absolute atomic E-state index is 12.1. The SMILES string of the molecule is CN(C)Cc1ccccc1CNC(=O)c1ccc(I)cc1. The Labute approximate surface area is 139 Å². The first-order valence-corrected chi connectivity index (χ1v) is 7.89. The van der Waals surface area contributed by atoms with Crippen LogP contribution in [0.3, 0.4) is 0 Å². The molecule has 2 aromatic rings. The van der Waals surface area contributed by atoms with Crippen LogP contribution in [0.4, 0.5) is 0 Å². The van der Waals surface area contributed by atoms with Crippen LogP contribution in [0.5, 0.6) is 0 Å². The van der Waals surface area contributed by atoms with Gasteiger partial charge in [-0.2, -0.15) is 0 Å². The van der Waals surface area contributed by atoms with Gasteiger partial charge in [0.1, 0.15) is 0 Å². The highest BCUT2D eigenvalue weighted by Gasteiger charge is 2.07. The predicted octanol–water partition coefficient (Wildman–Crippen LogP) is 3.28. The summed E-state index contributed by atoms with van der Waals surface area (Å²) in [5, 5.41) is 2.99. The maximum atomic E-state index is 12.1. The van der Waals surface area contributed by atoms with Crippen molar-refractivity contribution in [2.24, 2.45) is 0 Å². The summed E-state index contributed by atoms with van der Waals surface area (Å²) in [6.45, 7) is 1.42. The molecule has 0 atom stereocenters. The quantitative estimate of drug-likeness (QED) is 0.790. The van der Waals surface area contributed by atoms with Crippen LogP contribution in [0.15, 0.2) is 48.5 Å². The molecular weight excluding hydrogens is 375 g/mol. The molecule has 110 valence electrons. The lowest BCUT2D eigenvalue weighted by molar-refractivity contribution is 0.0951. The van der Waals surface area contributed by atoms with Gasteiger partial charge in [-0.05, 0) is 72.1 Å². The van der Waals surface area contributed by atoms with Crippen molar-refractivity contribution in [1.82, 2.24) is 10.2 Å². The third kappa shape index (κ3) is 4.82. The monoisotopic (exact) mass is 394 g/mol. The molecular formula is C17H19IN2O. The smallest absolute Gasteiger partial charge is 0.251 e. The molecule has 0 radical (unpaired) electrons. The fourth-order valence-corrected chi connectivity index (χ4v) is 2.46. The molecule has 0 aliphatic carbocycles. The van der Waals surface area contributed by atoms with Gasteiger partial charge < -0.3 is 10.2 Å². The van der Waals surface area contributed by atoms with Gasteiger partial charge in [0.15, 0.2) is 0 Å². The van der Waals surface area contributed by atoms with Crippen LogP contribution in [0.1, 0.15) is 21.5 Å². The number of amides is 1. The lowest BCUT2D eigenvalue weighted by Crippen LogP contribution is -2.24. The standard InChI is InChI=1S/C17H19IN2O/c1-20(2)12-15-6-4-3-5-14(15)11-19-17(21)13-7-9-16(18)10-8-13/h3-10H,11-12H2,1-2H3,(H,19,21). The van der Waals surface area contributed by atoms with Gasteiger partial charge in [0.2, 0.25) is 0 Å². The molecule has 0 spiro atoms. The van der Waals surface area contributed by atoms with Gasteiger partial charge >= 0.3 is 0 Å². The third-order valence-corrected chi connectivity index (χ3v) is 3.87. The van der Waals surface area contributed by atoms with E-state index in [0.717, 1.165) is 15.7 Å². The van der Waals surface area contributed by atoms with E-state index in [1.807, 2.05) is 50.5 Å². The van der Waals surface area contributed by atoms with Crippen molar-refractivity contribution in [2.75, 3.05) is 14.1 Å². The highest BCUT2D eigenvalue weighted by atomic mass is 127. The van der Waals surface area contributed by atoms with E-state index >= 15 is 0 Å². The van der Waals surface area contributed by atoms with Crippen LogP contribution >= 0.6 is 22.6 Å². The Bertz CT molecular complexity index is 608.